The van der Waals surface area contributed by atoms with Crippen molar-refractivity contribution in [2.24, 2.45) is 28.6 Å². The van der Waals surface area contributed by atoms with E-state index < -0.39 is 34.1 Å². The molecule has 204 valence electrons. The van der Waals surface area contributed by atoms with Crippen molar-refractivity contribution in [2.75, 3.05) is 0 Å². The van der Waals surface area contributed by atoms with Crippen LogP contribution in [0.3, 0.4) is 0 Å². The van der Waals surface area contributed by atoms with Crippen LogP contribution in [0.5, 0.6) is 5.75 Å². The van der Waals surface area contributed by atoms with Gasteiger partial charge in [0.15, 0.2) is 0 Å². The molecule has 6 nitrogen and oxygen atoms in total. The van der Waals surface area contributed by atoms with Crippen LogP contribution in [0.4, 0.5) is 0 Å². The fourth-order valence-electron chi connectivity index (χ4n) is 9.90. The van der Waals surface area contributed by atoms with Gasteiger partial charge in [0.25, 0.3) is 0 Å². The van der Waals surface area contributed by atoms with Crippen molar-refractivity contribution in [3.05, 3.63) is 40.5 Å². The Bertz CT molecular complexity index is 1290. The normalized spacial score (nSPS) is 42.8. The summed E-state index contributed by atoms with van der Waals surface area (Å²) in [6.07, 6.45) is 7.46. The SMILES string of the molecule is CC(=O)Oc1cc(C)cc2c1CC(=O)[C@H]1[C@@]2(C)C=C2C3C[C@H]4C[C@H](C)C[C@]3(CC[C@@]2(C)[C@@]1(C)CC(=O)O)O4. The first-order valence-electron chi connectivity index (χ1n) is 14.2. The van der Waals surface area contributed by atoms with Gasteiger partial charge in [-0.15, -0.1) is 0 Å². The number of carbonyl (C=O) groups excluding carboxylic acids is 2. The highest BCUT2D eigenvalue weighted by Gasteiger charge is 2.69. The number of carboxylic acids is 1. The van der Waals surface area contributed by atoms with Crippen LogP contribution >= 0.6 is 0 Å². The van der Waals surface area contributed by atoms with Crippen LogP contribution < -0.4 is 4.74 Å². The number of hydrogen-bond acceptors (Lipinski definition) is 5. The van der Waals surface area contributed by atoms with Crippen LogP contribution in [0.25, 0.3) is 0 Å². The number of hydrogen-bond donors (Lipinski definition) is 1. The molecule has 2 saturated heterocycles. The highest BCUT2D eigenvalue weighted by atomic mass is 16.5. The minimum absolute atomic E-state index is 0.0350. The minimum atomic E-state index is -0.865. The first-order chi connectivity index (χ1) is 17.7. The van der Waals surface area contributed by atoms with Gasteiger partial charge in [0, 0.05) is 36.2 Å². The Balaban J connectivity index is 1.62. The maximum Gasteiger partial charge on any atom is 0.308 e. The Hall–Kier alpha value is -2.47. The van der Waals surface area contributed by atoms with Crippen LogP contribution in [0.2, 0.25) is 0 Å². The number of rotatable bonds is 3. The molecule has 0 radical (unpaired) electrons. The number of aryl methyl sites for hydroxylation is 1. The second kappa shape index (κ2) is 8.03. The summed E-state index contributed by atoms with van der Waals surface area (Å²) in [7, 11) is 0. The lowest BCUT2D eigenvalue weighted by Gasteiger charge is -2.65. The van der Waals surface area contributed by atoms with Crippen LogP contribution in [0.1, 0.15) is 89.8 Å². The van der Waals surface area contributed by atoms with E-state index in [-0.39, 0.29) is 36.2 Å². The number of ether oxygens (including phenoxy) is 2. The zero-order valence-electron chi connectivity index (χ0n) is 23.5. The summed E-state index contributed by atoms with van der Waals surface area (Å²) < 4.78 is 12.4. The van der Waals surface area contributed by atoms with Crippen LogP contribution in [-0.4, -0.2) is 34.5 Å². The van der Waals surface area contributed by atoms with Gasteiger partial charge in [0.1, 0.15) is 11.5 Å². The molecule has 0 aromatic heterocycles. The van der Waals surface area contributed by atoms with Gasteiger partial charge in [-0.3, -0.25) is 14.4 Å². The zero-order valence-corrected chi connectivity index (χ0v) is 23.5. The van der Waals surface area contributed by atoms with Gasteiger partial charge >= 0.3 is 11.9 Å². The summed E-state index contributed by atoms with van der Waals surface area (Å²) in [6, 6.07) is 3.95. The van der Waals surface area contributed by atoms with Gasteiger partial charge in [0.2, 0.25) is 0 Å². The van der Waals surface area contributed by atoms with E-state index in [1.165, 1.54) is 12.5 Å². The number of aliphatic carboxylic acids is 1. The molecule has 2 aliphatic heterocycles. The molecule has 3 aliphatic carbocycles. The Kier molecular flexibility index (Phi) is 5.45. The Labute approximate surface area is 225 Å². The summed E-state index contributed by atoms with van der Waals surface area (Å²) in [4.78, 5) is 38.7. The van der Waals surface area contributed by atoms with Crippen LogP contribution in [0.15, 0.2) is 23.8 Å². The number of ketones is 1. The topological polar surface area (TPSA) is 89.9 Å². The molecule has 38 heavy (non-hydrogen) atoms. The van der Waals surface area contributed by atoms with E-state index in [9.17, 15) is 19.5 Å². The van der Waals surface area contributed by atoms with E-state index in [1.807, 2.05) is 13.0 Å². The predicted molar refractivity (Wildman–Crippen MR) is 142 cm³/mol. The number of fused-ring (bicyclic) bond motifs is 6. The molecular formula is C32H40O6. The maximum atomic E-state index is 14.2. The predicted octanol–water partition coefficient (Wildman–Crippen LogP) is 5.71. The fourth-order valence-corrected chi connectivity index (χ4v) is 9.90. The standard InChI is InChI=1S/C32H40O6/c1-17-10-22-21(26(11-17)37-19(3)33)13-25(34)28-29(22,4)15-24-23-12-20-9-18(2)14-32(23,38-20)8-7-30(24,5)31(28,6)16-27(35)36/h10-11,15,18,20,23,28H,7-9,12-14,16H2,1-6H3,(H,35,36)/t18-,20+,23?,28-,29-,30+,31-,32-/m0/s1. The minimum Gasteiger partial charge on any atom is -0.481 e. The Morgan fingerprint density at radius 2 is 1.89 bits per heavy atom. The highest BCUT2D eigenvalue weighted by molar-refractivity contribution is 5.91. The molecule has 2 bridgehead atoms. The average Bonchev–Trinajstić information content (AvgIpc) is 3.06. The summed E-state index contributed by atoms with van der Waals surface area (Å²) in [5.74, 6) is -0.465. The van der Waals surface area contributed by atoms with Crippen molar-refractivity contribution >= 4 is 17.7 Å². The molecule has 8 atom stereocenters. The second-order valence-electron chi connectivity index (χ2n) is 13.8. The lowest BCUT2D eigenvalue weighted by molar-refractivity contribution is -0.161. The monoisotopic (exact) mass is 520 g/mol. The second-order valence-corrected chi connectivity index (χ2v) is 13.8. The van der Waals surface area contributed by atoms with Gasteiger partial charge in [-0.25, -0.2) is 0 Å². The van der Waals surface area contributed by atoms with Crippen LogP contribution in [-0.2, 0) is 31.0 Å². The number of esters is 1. The Morgan fingerprint density at radius 1 is 1.16 bits per heavy atom. The molecule has 1 N–H and O–H groups in total. The van der Waals surface area contributed by atoms with Crippen molar-refractivity contribution in [2.45, 2.75) is 104 Å². The van der Waals surface area contributed by atoms with Gasteiger partial charge in [-0.1, -0.05) is 45.4 Å². The molecule has 1 unspecified atom stereocenters. The summed E-state index contributed by atoms with van der Waals surface area (Å²) in [5, 5.41) is 10.2. The molecule has 1 saturated carbocycles. The third-order valence-electron chi connectivity index (χ3n) is 11.3. The van der Waals surface area contributed by atoms with Gasteiger partial charge < -0.3 is 14.6 Å². The van der Waals surface area contributed by atoms with Gasteiger partial charge in [0.05, 0.1) is 18.1 Å². The van der Waals surface area contributed by atoms with E-state index in [2.05, 4.69) is 39.8 Å². The molecule has 6 heteroatoms. The molecule has 0 amide bonds. The van der Waals surface area contributed by atoms with Crippen LogP contribution in [0, 0.1) is 35.5 Å². The van der Waals surface area contributed by atoms with E-state index in [0.29, 0.717) is 11.7 Å². The van der Waals surface area contributed by atoms with Crippen molar-refractivity contribution in [1.29, 1.82) is 0 Å². The van der Waals surface area contributed by atoms with Crippen molar-refractivity contribution in [3.8, 4) is 5.75 Å². The maximum absolute atomic E-state index is 14.2. The first-order valence-corrected chi connectivity index (χ1v) is 14.2. The lowest BCUT2D eigenvalue weighted by Crippen LogP contribution is -2.63. The number of benzene rings is 1. The highest BCUT2D eigenvalue weighted by Crippen LogP contribution is 2.72. The third-order valence-corrected chi connectivity index (χ3v) is 11.3. The van der Waals surface area contributed by atoms with E-state index >= 15 is 0 Å². The fraction of sp³-hybridized carbons (Fsp3) is 0.656. The van der Waals surface area contributed by atoms with Gasteiger partial charge in [-0.05, 0) is 73.0 Å². The number of Topliss-reactive ketones (excluding diaryl/α,β-unsaturated/α-hetero) is 1. The quantitative estimate of drug-likeness (QED) is 0.312. The van der Waals surface area contributed by atoms with Crippen molar-refractivity contribution in [1.82, 2.24) is 0 Å². The molecule has 1 aromatic rings. The molecule has 1 aromatic carbocycles. The van der Waals surface area contributed by atoms with E-state index in [0.717, 1.165) is 48.8 Å². The van der Waals surface area contributed by atoms with Crippen molar-refractivity contribution in [3.63, 3.8) is 0 Å². The van der Waals surface area contributed by atoms with Gasteiger partial charge in [-0.2, -0.15) is 0 Å². The molecular weight excluding hydrogens is 480 g/mol. The summed E-state index contributed by atoms with van der Waals surface area (Å²) in [6.45, 7) is 12.1. The summed E-state index contributed by atoms with van der Waals surface area (Å²) in [5.41, 5.74) is 1.87. The Morgan fingerprint density at radius 3 is 2.58 bits per heavy atom. The van der Waals surface area contributed by atoms with E-state index in [1.54, 1.807) is 0 Å². The summed E-state index contributed by atoms with van der Waals surface area (Å²) >= 11 is 0. The van der Waals surface area contributed by atoms with Crippen molar-refractivity contribution < 1.29 is 29.0 Å². The van der Waals surface area contributed by atoms with E-state index in [4.69, 9.17) is 9.47 Å². The molecule has 3 fully saturated rings. The number of carboxylic acid groups (broad SMARTS) is 1. The smallest absolute Gasteiger partial charge is 0.308 e. The molecule has 1 spiro atoms. The number of allylic oxidation sites excluding steroid dienone is 1. The zero-order chi connectivity index (χ0) is 27.4. The molecule has 6 rings (SSSR count). The lowest BCUT2D eigenvalue weighted by atomic mass is 9.38. The largest absolute Gasteiger partial charge is 0.481 e. The number of carbonyl (C=O) groups is 3. The average molecular weight is 521 g/mol. The molecule has 5 aliphatic rings. The molecule has 2 heterocycles. The first kappa shape index (κ1) is 25.8. The third kappa shape index (κ3) is 3.31.